The Balaban J connectivity index is 0.974. The highest BCUT2D eigenvalue weighted by Crippen LogP contribution is 2.27. The van der Waals surface area contributed by atoms with Gasteiger partial charge in [-0.25, -0.2) is 34.5 Å². The highest BCUT2D eigenvalue weighted by molar-refractivity contribution is 7.15. The van der Waals surface area contributed by atoms with E-state index in [2.05, 4.69) is 35.6 Å². The van der Waals surface area contributed by atoms with Gasteiger partial charge in [0.2, 0.25) is 11.8 Å². The highest BCUT2D eigenvalue weighted by atomic mass is 32.1. The zero-order valence-corrected chi connectivity index (χ0v) is 33.1. The third kappa shape index (κ3) is 6.54. The van der Waals surface area contributed by atoms with Crippen LogP contribution in [0.3, 0.4) is 0 Å². The molecule has 0 saturated heterocycles. The second kappa shape index (κ2) is 14.7. The fourth-order valence-corrected chi connectivity index (χ4v) is 7.97. The van der Waals surface area contributed by atoms with Crippen LogP contribution < -0.4 is 33.1 Å². The Labute approximate surface area is 334 Å². The fraction of sp³-hybridized carbons (Fsp3) is 0.216. The molecule has 2 N–H and O–H groups in total. The van der Waals surface area contributed by atoms with E-state index in [1.165, 1.54) is 80.9 Å². The topological polar surface area (TPSA) is 221 Å². The van der Waals surface area contributed by atoms with E-state index in [1.54, 1.807) is 50.5 Å². The Morgan fingerprint density at radius 2 is 1.29 bits per heavy atom. The van der Waals surface area contributed by atoms with Crippen LogP contribution in [0.1, 0.15) is 30.8 Å². The summed E-state index contributed by atoms with van der Waals surface area (Å²) in [6, 6.07) is 8.88. The molecule has 0 bridgehead atoms. The van der Waals surface area contributed by atoms with Gasteiger partial charge in [-0.05, 0) is 50.2 Å². The van der Waals surface area contributed by atoms with Gasteiger partial charge >= 0.3 is 11.4 Å². The molecule has 0 fully saturated rings. The number of nitrogens with zero attached hydrogens (tertiary/aromatic N) is 11. The molecule has 58 heavy (non-hydrogen) atoms. The monoisotopic (exact) mass is 819 g/mol. The van der Waals surface area contributed by atoms with Gasteiger partial charge in [-0.1, -0.05) is 0 Å². The summed E-state index contributed by atoms with van der Waals surface area (Å²) >= 11 is 2.77. The quantitative estimate of drug-likeness (QED) is 0.204. The summed E-state index contributed by atoms with van der Waals surface area (Å²) in [7, 11) is 4.37. The van der Waals surface area contributed by atoms with Gasteiger partial charge in [-0.2, -0.15) is 0 Å². The highest BCUT2D eigenvalue weighted by Gasteiger charge is 2.25. The van der Waals surface area contributed by atoms with Crippen molar-refractivity contribution in [1.29, 1.82) is 0 Å². The number of rotatable bonds is 10. The molecule has 8 rings (SSSR count). The average molecular weight is 820 g/mol. The van der Waals surface area contributed by atoms with E-state index >= 15 is 0 Å². The summed E-state index contributed by atoms with van der Waals surface area (Å²) in [4.78, 5) is 101. The Bertz CT molecular complexity index is 3130. The van der Waals surface area contributed by atoms with E-state index in [-0.39, 0.29) is 40.6 Å². The Hall–Kier alpha value is -7.13. The van der Waals surface area contributed by atoms with Gasteiger partial charge in [0.1, 0.15) is 27.9 Å². The molecular formula is C37H33N13O6S2. The van der Waals surface area contributed by atoms with E-state index < -0.39 is 40.5 Å². The van der Waals surface area contributed by atoms with Gasteiger partial charge in [0.15, 0.2) is 22.3 Å². The molecule has 0 saturated carbocycles. The van der Waals surface area contributed by atoms with Gasteiger partial charge in [-0.15, -0.1) is 22.7 Å². The van der Waals surface area contributed by atoms with Crippen molar-refractivity contribution in [1.82, 2.24) is 52.3 Å². The van der Waals surface area contributed by atoms with Crippen LogP contribution in [0.5, 0.6) is 0 Å². The smallest absolute Gasteiger partial charge is 0.324 e. The van der Waals surface area contributed by atoms with E-state index in [9.17, 15) is 28.8 Å². The third-order valence-electron chi connectivity index (χ3n) is 9.79. The van der Waals surface area contributed by atoms with Gasteiger partial charge in [-0.3, -0.25) is 37.4 Å². The number of carbonyl (C=O) groups excluding carboxylic acids is 2. The first kappa shape index (κ1) is 37.8. The number of fused-ring (bicyclic) bond motifs is 2. The molecule has 2 unspecified atom stereocenters. The summed E-state index contributed by atoms with van der Waals surface area (Å²) in [5, 5.41) is 8.93. The summed E-state index contributed by atoms with van der Waals surface area (Å²) in [6.45, 7) is 3.15. The number of nitrogens with one attached hydrogen (secondary N) is 2. The summed E-state index contributed by atoms with van der Waals surface area (Å²) in [5.41, 5.74) is 0.343. The second-order valence-corrected chi connectivity index (χ2v) is 15.4. The van der Waals surface area contributed by atoms with Gasteiger partial charge in [0.05, 0.1) is 19.2 Å². The molecule has 0 spiro atoms. The standard InChI is InChI=1S/C37H33N13O6S2/c1-19(30(51)43-23-9-6-21(7-10-23)32-38-12-13-57-32)50-18-42-29-27(50)35(54)48(37(56)46(29)4)16-24-15-40-33(58-24)22-8-11-25(39-14-22)44-31(52)20(2)49-17-41-28-26(49)34(53)47(5)36(55)45(28)3/h6-15,17-20H,16H2,1-5H3,(H,43,51)(H,39,44,52). The molecule has 0 aliphatic carbocycles. The van der Waals surface area contributed by atoms with Crippen molar-refractivity contribution in [2.24, 2.45) is 21.1 Å². The van der Waals surface area contributed by atoms with Gasteiger partial charge in [0, 0.05) is 66.8 Å². The molecule has 0 aliphatic rings. The largest absolute Gasteiger partial charge is 0.332 e. The number of thiazole rings is 2. The van der Waals surface area contributed by atoms with E-state index in [0.717, 1.165) is 19.7 Å². The Morgan fingerprint density at radius 1 is 0.672 bits per heavy atom. The van der Waals surface area contributed by atoms with Crippen molar-refractivity contribution in [3.8, 4) is 21.1 Å². The zero-order chi connectivity index (χ0) is 41.0. The molecule has 1 aromatic carbocycles. The van der Waals surface area contributed by atoms with E-state index in [1.807, 2.05) is 17.5 Å². The zero-order valence-electron chi connectivity index (χ0n) is 31.5. The van der Waals surface area contributed by atoms with E-state index in [4.69, 9.17) is 0 Å². The lowest BCUT2D eigenvalue weighted by atomic mass is 10.2. The van der Waals surface area contributed by atoms with Crippen molar-refractivity contribution in [3.63, 3.8) is 0 Å². The number of carbonyl (C=O) groups is 2. The van der Waals surface area contributed by atoms with Crippen LogP contribution in [-0.4, -0.2) is 64.1 Å². The number of aryl methyl sites for hydroxylation is 2. The van der Waals surface area contributed by atoms with Crippen LogP contribution in [0.25, 0.3) is 43.5 Å². The van der Waals surface area contributed by atoms with Crippen molar-refractivity contribution < 1.29 is 9.59 Å². The van der Waals surface area contributed by atoms with E-state index in [0.29, 0.717) is 21.1 Å². The van der Waals surface area contributed by atoms with Gasteiger partial charge in [0.25, 0.3) is 11.1 Å². The first-order valence-electron chi connectivity index (χ1n) is 17.6. The minimum absolute atomic E-state index is 0.0873. The number of amides is 2. The van der Waals surface area contributed by atoms with Crippen LogP contribution in [0.4, 0.5) is 11.5 Å². The summed E-state index contributed by atoms with van der Waals surface area (Å²) in [5.74, 6) is -0.602. The SMILES string of the molecule is CC(C(=O)Nc1ccc(-c2ncc(Cn3c(=O)c4c(ncn4C(C)C(=O)Nc4ccc(-c5nccs5)cc4)n(C)c3=O)s2)cn1)n1cnc2c1c(=O)n(C)c(=O)n2C. The van der Waals surface area contributed by atoms with Crippen LogP contribution in [0.15, 0.2) is 92.2 Å². The molecule has 19 nitrogen and oxygen atoms in total. The number of hydrogen-bond donors (Lipinski definition) is 2. The predicted molar refractivity (Wildman–Crippen MR) is 218 cm³/mol. The Morgan fingerprint density at radius 3 is 1.91 bits per heavy atom. The van der Waals surface area contributed by atoms with Crippen molar-refractivity contribution in [2.75, 3.05) is 10.6 Å². The maximum Gasteiger partial charge on any atom is 0.332 e. The lowest BCUT2D eigenvalue weighted by Crippen LogP contribution is -2.40. The van der Waals surface area contributed by atoms with Crippen LogP contribution >= 0.6 is 22.7 Å². The fourth-order valence-electron chi connectivity index (χ4n) is 6.44. The van der Waals surface area contributed by atoms with Crippen LogP contribution in [0, 0.1) is 0 Å². The van der Waals surface area contributed by atoms with Crippen LogP contribution in [-0.2, 0) is 37.3 Å². The average Bonchev–Trinajstić information content (AvgIpc) is 4.07. The molecule has 21 heteroatoms. The number of hydrogen-bond acceptors (Lipinski definition) is 13. The molecule has 2 atom stereocenters. The maximum atomic E-state index is 13.9. The minimum Gasteiger partial charge on any atom is -0.324 e. The Kier molecular flexibility index (Phi) is 9.61. The number of anilines is 2. The second-order valence-electron chi connectivity index (χ2n) is 13.4. The minimum atomic E-state index is -0.870. The molecule has 7 heterocycles. The maximum absolute atomic E-state index is 13.9. The first-order chi connectivity index (χ1) is 27.8. The molecule has 2 amide bonds. The van der Waals surface area contributed by atoms with Crippen molar-refractivity contribution >= 4 is 68.3 Å². The number of aromatic nitrogens is 11. The van der Waals surface area contributed by atoms with Gasteiger partial charge < -0.3 is 19.8 Å². The summed E-state index contributed by atoms with van der Waals surface area (Å²) in [6.07, 6.45) is 7.54. The van der Waals surface area contributed by atoms with Crippen molar-refractivity contribution in [3.05, 3.63) is 120 Å². The molecule has 7 aromatic heterocycles. The summed E-state index contributed by atoms with van der Waals surface area (Å²) < 4.78 is 7.41. The number of benzene rings is 1. The molecule has 0 radical (unpaired) electrons. The first-order valence-corrected chi connectivity index (χ1v) is 19.3. The molecule has 0 aliphatic heterocycles. The number of imidazole rings is 2. The molecule has 294 valence electrons. The van der Waals surface area contributed by atoms with Crippen molar-refractivity contribution in [2.45, 2.75) is 32.5 Å². The lowest BCUT2D eigenvalue weighted by Gasteiger charge is -2.15. The lowest BCUT2D eigenvalue weighted by molar-refractivity contribution is -0.119. The normalized spacial score (nSPS) is 12.6. The van der Waals surface area contributed by atoms with Crippen LogP contribution in [0.2, 0.25) is 0 Å². The predicted octanol–water partition coefficient (Wildman–Crippen LogP) is 2.73. The third-order valence-corrected chi connectivity index (χ3v) is 11.6. The number of pyridine rings is 1. The molecule has 8 aromatic rings. The molecular weight excluding hydrogens is 787 g/mol.